The number of anilines is 3. The Bertz CT molecular complexity index is 704. The molecule has 110 valence electrons. The molecule has 0 heterocycles. The summed E-state index contributed by atoms with van der Waals surface area (Å²) in [5.41, 5.74) is 8.78. The zero-order valence-electron chi connectivity index (χ0n) is 11.5. The molecule has 0 aromatic heterocycles. The molecule has 0 bridgehead atoms. The smallest absolute Gasteiger partial charge is 0.340 e. The number of nitrogens with two attached hydrogens (primary N) is 1. The predicted molar refractivity (Wildman–Crippen MR) is 89.3 cm³/mol. The molecule has 0 amide bonds. The molecule has 0 aliphatic rings. The lowest BCUT2D eigenvalue weighted by molar-refractivity contribution is 0.0602. The van der Waals surface area contributed by atoms with Crippen LogP contribution >= 0.6 is 22.6 Å². The number of benzene rings is 2. The lowest BCUT2D eigenvalue weighted by atomic mass is 10.1. The van der Waals surface area contributed by atoms with Gasteiger partial charge in [0.05, 0.1) is 18.4 Å². The van der Waals surface area contributed by atoms with Gasteiger partial charge in [-0.3, -0.25) is 0 Å². The second-order valence-electron chi connectivity index (χ2n) is 4.50. The first-order valence-electron chi connectivity index (χ1n) is 6.13. The molecule has 0 fully saturated rings. The van der Waals surface area contributed by atoms with E-state index in [4.69, 9.17) is 10.5 Å². The van der Waals surface area contributed by atoms with Gasteiger partial charge in [0.15, 0.2) is 0 Å². The van der Waals surface area contributed by atoms with Crippen molar-refractivity contribution < 1.29 is 13.9 Å². The molecule has 3 N–H and O–H groups in total. The number of carbonyl (C=O) groups excluding carboxylic acids is 1. The minimum Gasteiger partial charge on any atom is -0.465 e. The number of ether oxygens (including phenoxy) is 1. The number of esters is 1. The Morgan fingerprint density at radius 3 is 2.67 bits per heavy atom. The van der Waals surface area contributed by atoms with E-state index >= 15 is 0 Å². The van der Waals surface area contributed by atoms with Gasteiger partial charge >= 0.3 is 5.97 Å². The molecule has 2 aromatic carbocycles. The van der Waals surface area contributed by atoms with Crippen LogP contribution in [0.3, 0.4) is 0 Å². The highest BCUT2D eigenvalue weighted by atomic mass is 127. The van der Waals surface area contributed by atoms with Crippen molar-refractivity contribution in [3.63, 3.8) is 0 Å². The average molecular weight is 400 g/mol. The maximum atomic E-state index is 13.1. The molecular formula is C15H14FIN2O2. The molecule has 0 aliphatic heterocycles. The van der Waals surface area contributed by atoms with Crippen LogP contribution in [0.4, 0.5) is 21.5 Å². The molecular weight excluding hydrogens is 386 g/mol. The zero-order valence-corrected chi connectivity index (χ0v) is 13.7. The summed E-state index contributed by atoms with van der Waals surface area (Å²) in [5.74, 6) is -0.790. The lowest BCUT2D eigenvalue weighted by Crippen LogP contribution is -2.08. The number of carbonyl (C=O) groups is 1. The van der Waals surface area contributed by atoms with Crippen LogP contribution in [-0.4, -0.2) is 13.1 Å². The topological polar surface area (TPSA) is 64.3 Å². The Morgan fingerprint density at radius 1 is 1.33 bits per heavy atom. The van der Waals surface area contributed by atoms with E-state index in [1.54, 1.807) is 12.1 Å². The van der Waals surface area contributed by atoms with Crippen molar-refractivity contribution in [2.75, 3.05) is 18.2 Å². The largest absolute Gasteiger partial charge is 0.465 e. The number of nitrogen functional groups attached to an aromatic ring is 1. The van der Waals surface area contributed by atoms with E-state index in [9.17, 15) is 9.18 Å². The monoisotopic (exact) mass is 400 g/mol. The minimum absolute atomic E-state index is 0.298. The molecule has 0 saturated heterocycles. The molecule has 0 atom stereocenters. The highest BCUT2D eigenvalue weighted by Gasteiger charge is 2.14. The standard InChI is InChI=1S/C15H14FIN2O2/c1-8-5-10(7-11(14(8)18)15(20)21-2)19-13-4-3-9(16)6-12(13)17/h3-7,19H,18H2,1-2H3. The molecule has 0 unspecified atom stereocenters. The third-order valence-corrected chi connectivity index (χ3v) is 3.89. The van der Waals surface area contributed by atoms with Gasteiger partial charge in [0, 0.05) is 14.9 Å². The van der Waals surface area contributed by atoms with Crippen molar-refractivity contribution in [1.29, 1.82) is 0 Å². The Hall–Kier alpha value is -1.83. The fourth-order valence-corrected chi connectivity index (χ4v) is 2.51. The van der Waals surface area contributed by atoms with E-state index in [0.717, 1.165) is 14.8 Å². The first kappa shape index (κ1) is 15.6. The summed E-state index contributed by atoms with van der Waals surface area (Å²) < 4.78 is 18.6. The molecule has 2 aromatic rings. The Labute approximate surface area is 135 Å². The summed E-state index contributed by atoms with van der Waals surface area (Å²) in [7, 11) is 1.31. The first-order valence-corrected chi connectivity index (χ1v) is 7.20. The maximum Gasteiger partial charge on any atom is 0.340 e. The van der Waals surface area contributed by atoms with Crippen molar-refractivity contribution in [2.24, 2.45) is 0 Å². The van der Waals surface area contributed by atoms with Gasteiger partial charge < -0.3 is 15.8 Å². The molecule has 2 rings (SSSR count). The highest BCUT2D eigenvalue weighted by molar-refractivity contribution is 14.1. The van der Waals surface area contributed by atoms with E-state index in [2.05, 4.69) is 5.32 Å². The summed E-state index contributed by atoms with van der Waals surface area (Å²) in [6, 6.07) is 7.87. The zero-order chi connectivity index (χ0) is 15.6. The van der Waals surface area contributed by atoms with Crippen LogP contribution in [0.5, 0.6) is 0 Å². The molecule has 6 heteroatoms. The molecule has 0 saturated carbocycles. The van der Waals surface area contributed by atoms with Gasteiger partial charge in [-0.15, -0.1) is 0 Å². The van der Waals surface area contributed by atoms with E-state index < -0.39 is 5.97 Å². The number of hydrogen-bond acceptors (Lipinski definition) is 4. The first-order chi connectivity index (χ1) is 9.92. The number of halogens is 2. The Balaban J connectivity index is 2.40. The van der Waals surface area contributed by atoms with Gasteiger partial charge in [-0.2, -0.15) is 0 Å². The van der Waals surface area contributed by atoms with Crippen molar-refractivity contribution in [3.05, 3.63) is 50.8 Å². The van der Waals surface area contributed by atoms with Crippen molar-refractivity contribution in [3.8, 4) is 0 Å². The normalized spacial score (nSPS) is 10.3. The Kier molecular flexibility index (Phi) is 4.66. The van der Waals surface area contributed by atoms with Crippen LogP contribution in [0, 0.1) is 16.3 Å². The molecule has 0 radical (unpaired) electrons. The number of nitrogens with one attached hydrogen (secondary N) is 1. The van der Waals surface area contributed by atoms with Gasteiger partial charge in [-0.25, -0.2) is 9.18 Å². The van der Waals surface area contributed by atoms with Gasteiger partial charge in [0.25, 0.3) is 0 Å². The third kappa shape index (κ3) is 3.44. The number of rotatable bonds is 3. The quantitative estimate of drug-likeness (QED) is 0.467. The Morgan fingerprint density at radius 2 is 2.05 bits per heavy atom. The van der Waals surface area contributed by atoms with E-state index in [1.165, 1.54) is 19.2 Å². The number of hydrogen-bond donors (Lipinski definition) is 2. The van der Waals surface area contributed by atoms with Gasteiger partial charge in [-0.05, 0) is 65.4 Å². The molecule has 21 heavy (non-hydrogen) atoms. The van der Waals surface area contributed by atoms with Gasteiger partial charge in [0.1, 0.15) is 5.82 Å². The SMILES string of the molecule is COC(=O)c1cc(Nc2ccc(F)cc2I)cc(C)c1N. The van der Waals surface area contributed by atoms with Crippen LogP contribution in [-0.2, 0) is 4.74 Å². The van der Waals surface area contributed by atoms with E-state index in [0.29, 0.717) is 16.9 Å². The van der Waals surface area contributed by atoms with Crippen molar-refractivity contribution in [1.82, 2.24) is 0 Å². The summed E-state index contributed by atoms with van der Waals surface area (Å²) >= 11 is 2.04. The second-order valence-corrected chi connectivity index (χ2v) is 5.66. The number of aryl methyl sites for hydroxylation is 1. The van der Waals surface area contributed by atoms with Gasteiger partial charge in [0.2, 0.25) is 0 Å². The highest BCUT2D eigenvalue weighted by Crippen LogP contribution is 2.28. The van der Waals surface area contributed by atoms with Crippen LogP contribution in [0.25, 0.3) is 0 Å². The van der Waals surface area contributed by atoms with Crippen LogP contribution in [0.1, 0.15) is 15.9 Å². The maximum absolute atomic E-state index is 13.1. The van der Waals surface area contributed by atoms with E-state index in [-0.39, 0.29) is 5.82 Å². The fraction of sp³-hybridized carbons (Fsp3) is 0.133. The third-order valence-electron chi connectivity index (χ3n) is 3.00. The summed E-state index contributed by atoms with van der Waals surface area (Å²) in [6.45, 7) is 1.81. The van der Waals surface area contributed by atoms with Crippen molar-refractivity contribution in [2.45, 2.75) is 6.92 Å². The molecule has 4 nitrogen and oxygen atoms in total. The molecule has 0 spiro atoms. The predicted octanol–water partition coefficient (Wildman–Crippen LogP) is 3.85. The minimum atomic E-state index is -0.493. The average Bonchev–Trinajstić information content (AvgIpc) is 2.44. The summed E-state index contributed by atoms with van der Waals surface area (Å²) in [6.07, 6.45) is 0. The van der Waals surface area contributed by atoms with Crippen LogP contribution in [0.15, 0.2) is 30.3 Å². The molecule has 0 aliphatic carbocycles. The number of methoxy groups -OCH3 is 1. The van der Waals surface area contributed by atoms with Crippen LogP contribution in [0.2, 0.25) is 0 Å². The summed E-state index contributed by atoms with van der Waals surface area (Å²) in [5, 5.41) is 3.15. The van der Waals surface area contributed by atoms with E-state index in [1.807, 2.05) is 35.6 Å². The van der Waals surface area contributed by atoms with Gasteiger partial charge in [-0.1, -0.05) is 0 Å². The van der Waals surface area contributed by atoms with Crippen molar-refractivity contribution >= 4 is 45.6 Å². The summed E-state index contributed by atoms with van der Waals surface area (Å²) in [4.78, 5) is 11.7. The second kappa shape index (κ2) is 6.30. The lowest BCUT2D eigenvalue weighted by Gasteiger charge is -2.13. The fourth-order valence-electron chi connectivity index (χ4n) is 1.90. The van der Waals surface area contributed by atoms with Crippen LogP contribution < -0.4 is 11.1 Å².